The molecule has 0 unspecified atom stereocenters. The molecule has 0 bridgehead atoms. The highest BCUT2D eigenvalue weighted by molar-refractivity contribution is 7.96. The molecule has 2 fully saturated rings. The van der Waals surface area contributed by atoms with Crippen molar-refractivity contribution < 1.29 is 21.6 Å². The highest BCUT2D eigenvalue weighted by atomic mass is 32.2. The van der Waals surface area contributed by atoms with E-state index in [1.165, 1.54) is 7.11 Å². The molecule has 2 saturated heterocycles. The fourth-order valence-electron chi connectivity index (χ4n) is 3.76. The van der Waals surface area contributed by atoms with Gasteiger partial charge in [0.25, 0.3) is 0 Å². The first-order valence-electron chi connectivity index (χ1n) is 8.65. The summed E-state index contributed by atoms with van der Waals surface area (Å²) in [5.41, 5.74) is 0.793. The van der Waals surface area contributed by atoms with Gasteiger partial charge in [-0.25, -0.2) is 16.8 Å². The van der Waals surface area contributed by atoms with Crippen LogP contribution in [0.5, 0.6) is 5.75 Å². The van der Waals surface area contributed by atoms with E-state index in [1.807, 2.05) is 18.9 Å². The van der Waals surface area contributed by atoms with Crippen molar-refractivity contribution in [2.24, 2.45) is 0 Å². The third-order valence-electron chi connectivity index (χ3n) is 5.30. The number of benzene rings is 1. The molecule has 0 aliphatic carbocycles. The number of hydrogen-bond acceptors (Lipinski definition) is 7. The first-order chi connectivity index (χ1) is 12.1. The highest BCUT2D eigenvalue weighted by Crippen LogP contribution is 2.34. The van der Waals surface area contributed by atoms with Gasteiger partial charge in [-0.05, 0) is 31.7 Å². The Kier molecular flexibility index (Phi) is 5.35. The number of piperazine rings is 1. The summed E-state index contributed by atoms with van der Waals surface area (Å²) in [5, 5.41) is -0.966. The Labute approximate surface area is 155 Å². The molecule has 1 aromatic carbocycles. The molecular formula is C17H26N2O5S2. The summed E-state index contributed by atoms with van der Waals surface area (Å²) >= 11 is 0. The van der Waals surface area contributed by atoms with E-state index in [0.29, 0.717) is 13.1 Å². The third kappa shape index (κ3) is 3.76. The van der Waals surface area contributed by atoms with Crippen LogP contribution in [0.4, 0.5) is 0 Å². The predicted octanol–water partition coefficient (Wildman–Crippen LogP) is 0.190. The van der Waals surface area contributed by atoms with E-state index in [1.54, 1.807) is 18.2 Å². The minimum Gasteiger partial charge on any atom is -0.495 e. The van der Waals surface area contributed by atoms with Gasteiger partial charge in [0.15, 0.2) is 19.7 Å². The maximum Gasteiger partial charge on any atom is 0.187 e. The summed E-state index contributed by atoms with van der Waals surface area (Å²) in [7, 11) is -3.82. The van der Waals surface area contributed by atoms with Crippen LogP contribution < -0.4 is 4.74 Å². The SMILES string of the molecule is COc1ccc(C)cc1S(=O)(=O)[C@H]1CS(=O)(=O)C[C@H]1N1CCN(C)CC1. The summed E-state index contributed by atoms with van der Waals surface area (Å²) < 4.78 is 56.7. The van der Waals surface area contributed by atoms with Gasteiger partial charge in [0.1, 0.15) is 10.6 Å². The molecule has 2 aliphatic heterocycles. The number of aryl methyl sites for hydroxylation is 1. The van der Waals surface area contributed by atoms with Gasteiger partial charge in [-0.1, -0.05) is 6.07 Å². The van der Waals surface area contributed by atoms with Crippen LogP contribution >= 0.6 is 0 Å². The number of rotatable bonds is 4. The van der Waals surface area contributed by atoms with Gasteiger partial charge in [-0.15, -0.1) is 0 Å². The van der Waals surface area contributed by atoms with Gasteiger partial charge in [0.05, 0.1) is 23.9 Å². The number of nitrogens with zero attached hydrogens (tertiary/aromatic N) is 2. The van der Waals surface area contributed by atoms with Crippen molar-refractivity contribution in [3.05, 3.63) is 23.8 Å². The summed E-state index contributed by atoms with van der Waals surface area (Å²) in [6, 6.07) is 4.46. The van der Waals surface area contributed by atoms with Crippen LogP contribution in [-0.4, -0.2) is 89.8 Å². The highest BCUT2D eigenvalue weighted by Gasteiger charge is 2.49. The van der Waals surface area contributed by atoms with Crippen LogP contribution in [0.3, 0.4) is 0 Å². The third-order valence-corrected chi connectivity index (χ3v) is 9.44. The molecule has 0 aromatic heterocycles. The Morgan fingerprint density at radius 2 is 1.77 bits per heavy atom. The average Bonchev–Trinajstić information content (AvgIpc) is 2.92. The van der Waals surface area contributed by atoms with Crippen molar-refractivity contribution in [2.45, 2.75) is 23.1 Å². The second-order valence-electron chi connectivity index (χ2n) is 7.22. The topological polar surface area (TPSA) is 84.0 Å². The summed E-state index contributed by atoms with van der Waals surface area (Å²) in [4.78, 5) is 4.27. The van der Waals surface area contributed by atoms with E-state index in [4.69, 9.17) is 4.74 Å². The second-order valence-corrected chi connectivity index (χ2v) is 11.5. The second kappa shape index (κ2) is 7.10. The predicted molar refractivity (Wildman–Crippen MR) is 100 cm³/mol. The van der Waals surface area contributed by atoms with E-state index < -0.39 is 31.0 Å². The maximum atomic E-state index is 13.4. The first kappa shape index (κ1) is 19.6. The Morgan fingerprint density at radius 3 is 2.38 bits per heavy atom. The lowest BCUT2D eigenvalue weighted by Crippen LogP contribution is -2.54. The molecule has 0 saturated carbocycles. The number of ether oxygens (including phenoxy) is 1. The molecule has 3 rings (SSSR count). The summed E-state index contributed by atoms with van der Waals surface area (Å²) in [6.45, 7) is 4.76. The molecule has 0 spiro atoms. The monoisotopic (exact) mass is 402 g/mol. The number of hydrogen-bond donors (Lipinski definition) is 0. The molecule has 0 N–H and O–H groups in total. The molecule has 2 atom stereocenters. The van der Waals surface area contributed by atoms with E-state index >= 15 is 0 Å². The Hall–Kier alpha value is -1.16. The van der Waals surface area contributed by atoms with Crippen LogP contribution in [0.2, 0.25) is 0 Å². The van der Waals surface area contributed by atoms with Crippen molar-refractivity contribution >= 4 is 19.7 Å². The number of likely N-dealkylation sites (N-methyl/N-ethyl adjacent to an activating group) is 1. The van der Waals surface area contributed by atoms with Crippen LogP contribution in [0.25, 0.3) is 0 Å². The zero-order chi connectivity index (χ0) is 19.1. The van der Waals surface area contributed by atoms with Crippen molar-refractivity contribution in [3.8, 4) is 5.75 Å². The lowest BCUT2D eigenvalue weighted by molar-refractivity contribution is 0.122. The normalized spacial score (nSPS) is 27.5. The Balaban J connectivity index is 2.00. The molecule has 0 amide bonds. The van der Waals surface area contributed by atoms with Gasteiger partial charge >= 0.3 is 0 Å². The van der Waals surface area contributed by atoms with Crippen LogP contribution in [0.1, 0.15) is 5.56 Å². The van der Waals surface area contributed by atoms with Gasteiger partial charge in [-0.3, -0.25) is 4.90 Å². The number of sulfone groups is 2. The minimum absolute atomic E-state index is 0.0845. The quantitative estimate of drug-likeness (QED) is 0.711. The van der Waals surface area contributed by atoms with Crippen LogP contribution in [0.15, 0.2) is 23.1 Å². The largest absolute Gasteiger partial charge is 0.495 e. The fraction of sp³-hybridized carbons (Fsp3) is 0.647. The van der Waals surface area contributed by atoms with Gasteiger partial charge < -0.3 is 9.64 Å². The van der Waals surface area contributed by atoms with E-state index in [-0.39, 0.29) is 22.2 Å². The molecule has 2 aliphatic rings. The molecule has 0 radical (unpaired) electrons. The zero-order valence-corrected chi connectivity index (χ0v) is 17.0. The molecule has 2 heterocycles. The lowest BCUT2D eigenvalue weighted by atomic mass is 10.2. The standard InChI is InChI=1S/C17H26N2O5S2/c1-13-4-5-15(24-3)16(10-13)26(22,23)17-12-25(20,21)11-14(17)19-8-6-18(2)7-9-19/h4-5,10,14,17H,6-9,11-12H2,1-3H3/t14-,17+/m1/s1. The smallest absolute Gasteiger partial charge is 0.187 e. The summed E-state index contributed by atoms with van der Waals surface area (Å²) in [6.07, 6.45) is 0. The van der Waals surface area contributed by atoms with Gasteiger partial charge in [0.2, 0.25) is 0 Å². The zero-order valence-electron chi connectivity index (χ0n) is 15.4. The summed E-state index contributed by atoms with van der Waals surface area (Å²) in [5.74, 6) is -0.171. The maximum absolute atomic E-state index is 13.4. The molecular weight excluding hydrogens is 376 g/mol. The van der Waals surface area contributed by atoms with Gasteiger partial charge in [0, 0.05) is 32.2 Å². The van der Waals surface area contributed by atoms with E-state index in [9.17, 15) is 16.8 Å². The molecule has 1 aromatic rings. The van der Waals surface area contributed by atoms with Gasteiger partial charge in [-0.2, -0.15) is 0 Å². The first-order valence-corrected chi connectivity index (χ1v) is 12.0. The van der Waals surface area contributed by atoms with Crippen molar-refractivity contribution in [1.29, 1.82) is 0 Å². The minimum atomic E-state index is -3.85. The van der Waals surface area contributed by atoms with E-state index in [0.717, 1.165) is 18.7 Å². The van der Waals surface area contributed by atoms with Crippen LogP contribution in [-0.2, 0) is 19.7 Å². The fourth-order valence-corrected chi connectivity index (χ4v) is 8.83. The van der Waals surface area contributed by atoms with Crippen molar-refractivity contribution in [1.82, 2.24) is 9.80 Å². The van der Waals surface area contributed by atoms with E-state index in [2.05, 4.69) is 4.90 Å². The molecule has 9 heteroatoms. The van der Waals surface area contributed by atoms with Crippen molar-refractivity contribution in [3.63, 3.8) is 0 Å². The average molecular weight is 403 g/mol. The lowest BCUT2D eigenvalue weighted by Gasteiger charge is -2.38. The van der Waals surface area contributed by atoms with Crippen LogP contribution in [0, 0.1) is 6.92 Å². The molecule has 26 heavy (non-hydrogen) atoms. The molecule has 146 valence electrons. The molecule has 7 nitrogen and oxygen atoms in total. The van der Waals surface area contributed by atoms with Crippen molar-refractivity contribution in [2.75, 3.05) is 51.8 Å². The number of methoxy groups -OCH3 is 1. The Bertz CT molecular complexity index is 874. The Morgan fingerprint density at radius 1 is 1.12 bits per heavy atom.